The van der Waals surface area contributed by atoms with Crippen LogP contribution in [0.15, 0.2) is 0 Å². The largest absolute Gasteiger partial charge is 0.271 e. The first-order valence-electron chi connectivity index (χ1n) is 5.72. The van der Waals surface area contributed by atoms with Gasteiger partial charge in [-0.2, -0.15) is 0 Å². The molecule has 78 valence electrons. The summed E-state index contributed by atoms with van der Waals surface area (Å²) in [5, 5.41) is 0. The number of rotatable bonds is 7. The third kappa shape index (κ3) is 4.63. The van der Waals surface area contributed by atoms with Crippen LogP contribution in [0.4, 0.5) is 0 Å². The number of nitrogens with one attached hydrogen (secondary N) is 1. The van der Waals surface area contributed by atoms with Gasteiger partial charge in [0.05, 0.1) is 0 Å². The molecule has 0 bridgehead atoms. The van der Waals surface area contributed by atoms with Gasteiger partial charge in [0.15, 0.2) is 0 Å². The van der Waals surface area contributed by atoms with E-state index in [0.29, 0.717) is 6.04 Å². The van der Waals surface area contributed by atoms with Gasteiger partial charge in [0.25, 0.3) is 0 Å². The normalized spacial score (nSPS) is 21.5. The first-order valence-corrected chi connectivity index (χ1v) is 5.72. The third-order valence-corrected chi connectivity index (χ3v) is 3.24. The van der Waals surface area contributed by atoms with Gasteiger partial charge in [0.2, 0.25) is 0 Å². The predicted octanol–water partition coefficient (Wildman–Crippen LogP) is 2.44. The molecule has 0 aromatic rings. The third-order valence-electron chi connectivity index (χ3n) is 3.24. The van der Waals surface area contributed by atoms with Crippen LogP contribution < -0.4 is 11.3 Å². The molecular weight excluding hydrogens is 160 g/mol. The zero-order valence-corrected chi connectivity index (χ0v) is 9.05. The maximum absolute atomic E-state index is 5.53. The Hall–Kier alpha value is -0.0800. The minimum atomic E-state index is 0.551. The summed E-state index contributed by atoms with van der Waals surface area (Å²) in [5.74, 6) is 7.37. The lowest BCUT2D eigenvalue weighted by Gasteiger charge is -2.19. The summed E-state index contributed by atoms with van der Waals surface area (Å²) in [6.07, 6.45) is 8.07. The number of hydrogen-bond donors (Lipinski definition) is 2. The molecule has 2 nitrogen and oxygen atoms in total. The lowest BCUT2D eigenvalue weighted by Crippen LogP contribution is -2.36. The minimum Gasteiger partial charge on any atom is -0.271 e. The lowest BCUT2D eigenvalue weighted by molar-refractivity contribution is 0.369. The van der Waals surface area contributed by atoms with E-state index in [4.69, 9.17) is 5.84 Å². The van der Waals surface area contributed by atoms with E-state index in [-0.39, 0.29) is 0 Å². The molecule has 1 fully saturated rings. The molecule has 1 saturated carbocycles. The van der Waals surface area contributed by atoms with Crippen LogP contribution in [0, 0.1) is 11.8 Å². The predicted molar refractivity (Wildman–Crippen MR) is 57.1 cm³/mol. The van der Waals surface area contributed by atoms with E-state index in [1.807, 2.05) is 0 Å². The molecule has 2 unspecified atom stereocenters. The molecule has 13 heavy (non-hydrogen) atoms. The Balaban J connectivity index is 2.08. The molecule has 0 amide bonds. The van der Waals surface area contributed by atoms with E-state index in [9.17, 15) is 0 Å². The van der Waals surface area contributed by atoms with Crippen molar-refractivity contribution in [3.05, 3.63) is 0 Å². The summed E-state index contributed by atoms with van der Waals surface area (Å²) in [5.41, 5.74) is 2.95. The van der Waals surface area contributed by atoms with Crippen LogP contribution in [0.25, 0.3) is 0 Å². The monoisotopic (exact) mass is 184 g/mol. The molecule has 0 aliphatic heterocycles. The second kappa shape index (κ2) is 5.61. The molecule has 1 rings (SSSR count). The molecule has 1 aliphatic carbocycles. The molecule has 0 radical (unpaired) electrons. The zero-order valence-electron chi connectivity index (χ0n) is 9.05. The van der Waals surface area contributed by atoms with Gasteiger partial charge >= 0.3 is 0 Å². The van der Waals surface area contributed by atoms with E-state index in [1.54, 1.807) is 0 Å². The van der Waals surface area contributed by atoms with E-state index in [2.05, 4.69) is 19.3 Å². The SMILES string of the molecule is CCC(C)CC(CCC1CC1)NN. The number of nitrogens with two attached hydrogens (primary N) is 1. The zero-order chi connectivity index (χ0) is 9.68. The Labute approximate surface area is 82.2 Å². The molecule has 2 heteroatoms. The van der Waals surface area contributed by atoms with E-state index in [1.165, 1.54) is 38.5 Å². The Morgan fingerprint density at radius 3 is 2.62 bits per heavy atom. The number of hydrazine groups is 1. The highest BCUT2D eigenvalue weighted by Crippen LogP contribution is 2.34. The molecule has 0 aromatic heterocycles. The minimum absolute atomic E-state index is 0.551. The molecule has 1 aliphatic rings. The molecule has 0 saturated heterocycles. The summed E-state index contributed by atoms with van der Waals surface area (Å²) < 4.78 is 0. The summed E-state index contributed by atoms with van der Waals surface area (Å²) in [6, 6.07) is 0.551. The van der Waals surface area contributed by atoms with Gasteiger partial charge in [-0.25, -0.2) is 0 Å². The quantitative estimate of drug-likeness (QED) is 0.471. The van der Waals surface area contributed by atoms with Crippen molar-refractivity contribution in [2.75, 3.05) is 0 Å². The van der Waals surface area contributed by atoms with Crippen LogP contribution in [0.5, 0.6) is 0 Å². The van der Waals surface area contributed by atoms with Gasteiger partial charge < -0.3 is 0 Å². The maximum Gasteiger partial charge on any atom is 0.0213 e. The fraction of sp³-hybridized carbons (Fsp3) is 1.00. The highest BCUT2D eigenvalue weighted by atomic mass is 15.2. The molecule has 0 aromatic carbocycles. The standard InChI is InChI=1S/C11H24N2/c1-3-9(2)8-11(13-12)7-6-10-4-5-10/h9-11,13H,3-8,12H2,1-2H3. The van der Waals surface area contributed by atoms with Crippen molar-refractivity contribution in [1.29, 1.82) is 0 Å². The summed E-state index contributed by atoms with van der Waals surface area (Å²) in [7, 11) is 0. The Morgan fingerprint density at radius 2 is 2.15 bits per heavy atom. The van der Waals surface area contributed by atoms with Gasteiger partial charge in [-0.15, -0.1) is 0 Å². The van der Waals surface area contributed by atoms with E-state index < -0.39 is 0 Å². The Bertz CT molecular complexity index is 132. The van der Waals surface area contributed by atoms with Crippen LogP contribution >= 0.6 is 0 Å². The fourth-order valence-electron chi connectivity index (χ4n) is 1.77. The Kier molecular flexibility index (Phi) is 4.74. The molecule has 3 N–H and O–H groups in total. The van der Waals surface area contributed by atoms with Gasteiger partial charge in [0.1, 0.15) is 0 Å². The van der Waals surface area contributed by atoms with Gasteiger partial charge in [0, 0.05) is 6.04 Å². The van der Waals surface area contributed by atoms with Crippen molar-refractivity contribution in [2.45, 2.75) is 58.4 Å². The van der Waals surface area contributed by atoms with Crippen LogP contribution in [0.3, 0.4) is 0 Å². The van der Waals surface area contributed by atoms with E-state index in [0.717, 1.165) is 11.8 Å². The van der Waals surface area contributed by atoms with E-state index >= 15 is 0 Å². The van der Waals surface area contributed by atoms with Crippen molar-refractivity contribution in [1.82, 2.24) is 5.43 Å². The summed E-state index contributed by atoms with van der Waals surface area (Å²) in [4.78, 5) is 0. The molecular formula is C11H24N2. The number of hydrogen-bond acceptors (Lipinski definition) is 2. The highest BCUT2D eigenvalue weighted by molar-refractivity contribution is 4.76. The van der Waals surface area contributed by atoms with Gasteiger partial charge in [-0.05, 0) is 31.1 Å². The molecule has 2 atom stereocenters. The molecule has 0 heterocycles. The average Bonchev–Trinajstić information content (AvgIpc) is 2.95. The first kappa shape index (κ1) is 11.0. The first-order chi connectivity index (χ1) is 6.26. The van der Waals surface area contributed by atoms with Crippen molar-refractivity contribution < 1.29 is 0 Å². The fourth-order valence-corrected chi connectivity index (χ4v) is 1.77. The van der Waals surface area contributed by atoms with Crippen LogP contribution in [-0.4, -0.2) is 6.04 Å². The van der Waals surface area contributed by atoms with Crippen LogP contribution in [-0.2, 0) is 0 Å². The van der Waals surface area contributed by atoms with Gasteiger partial charge in [-0.3, -0.25) is 11.3 Å². The van der Waals surface area contributed by atoms with Crippen molar-refractivity contribution in [3.63, 3.8) is 0 Å². The van der Waals surface area contributed by atoms with Gasteiger partial charge in [-0.1, -0.05) is 33.1 Å². The summed E-state index contributed by atoms with van der Waals surface area (Å²) >= 11 is 0. The highest BCUT2D eigenvalue weighted by Gasteiger charge is 2.22. The average molecular weight is 184 g/mol. The second-order valence-corrected chi connectivity index (χ2v) is 4.63. The van der Waals surface area contributed by atoms with Crippen LogP contribution in [0.1, 0.15) is 52.4 Å². The summed E-state index contributed by atoms with van der Waals surface area (Å²) in [6.45, 7) is 4.56. The van der Waals surface area contributed by atoms with Crippen LogP contribution in [0.2, 0.25) is 0 Å². The van der Waals surface area contributed by atoms with Crippen molar-refractivity contribution in [3.8, 4) is 0 Å². The Morgan fingerprint density at radius 1 is 1.46 bits per heavy atom. The lowest BCUT2D eigenvalue weighted by atomic mass is 9.96. The van der Waals surface area contributed by atoms with Crippen molar-refractivity contribution in [2.24, 2.45) is 17.7 Å². The smallest absolute Gasteiger partial charge is 0.0213 e. The topological polar surface area (TPSA) is 38.0 Å². The molecule has 0 spiro atoms. The van der Waals surface area contributed by atoms with Crippen molar-refractivity contribution >= 4 is 0 Å². The second-order valence-electron chi connectivity index (χ2n) is 4.63. The maximum atomic E-state index is 5.53.